The normalized spacial score (nSPS) is 10.5. The second-order valence-corrected chi connectivity index (χ2v) is 13.1. The van der Waals surface area contributed by atoms with E-state index in [9.17, 15) is 0 Å². The van der Waals surface area contributed by atoms with Gasteiger partial charge >= 0.3 is 0 Å². The molecule has 0 saturated heterocycles. The zero-order chi connectivity index (χ0) is 38.6. The molecule has 282 valence electrons. The molecule has 15 nitrogen and oxygen atoms in total. The quantitative estimate of drug-likeness (QED) is 0.154. The van der Waals surface area contributed by atoms with E-state index in [0.29, 0.717) is 29.6 Å². The van der Waals surface area contributed by atoms with Crippen molar-refractivity contribution in [2.24, 2.45) is 14.1 Å². The molecule has 0 amide bonds. The number of aryl methyl sites for hydroxylation is 6. The van der Waals surface area contributed by atoms with Crippen molar-refractivity contribution in [2.45, 2.75) is 153 Å². The van der Waals surface area contributed by atoms with Crippen molar-refractivity contribution in [2.75, 3.05) is 0 Å². The summed E-state index contributed by atoms with van der Waals surface area (Å²) in [5.74, 6) is 2.47. The Morgan fingerprint density at radius 2 is 1.04 bits per heavy atom. The molecule has 0 unspecified atom stereocenters. The summed E-state index contributed by atoms with van der Waals surface area (Å²) < 4.78 is 3.70. The highest BCUT2D eigenvalue weighted by Crippen LogP contribution is 2.17. The van der Waals surface area contributed by atoms with Crippen molar-refractivity contribution in [1.82, 2.24) is 76.2 Å². The lowest BCUT2D eigenvalue weighted by Gasteiger charge is -2.05. The van der Waals surface area contributed by atoms with Gasteiger partial charge in [-0.05, 0) is 56.3 Å². The molecule has 0 aliphatic rings. The van der Waals surface area contributed by atoms with E-state index < -0.39 is 0 Å². The summed E-state index contributed by atoms with van der Waals surface area (Å²) in [7, 11) is 3.87. The molecule has 5 rings (SSSR count). The third kappa shape index (κ3) is 15.1. The molecule has 15 heteroatoms. The molecule has 0 radical (unpaired) electrons. The maximum Gasteiger partial charge on any atom is 0.0881 e. The summed E-state index contributed by atoms with van der Waals surface area (Å²) in [4.78, 5) is 0. The predicted molar refractivity (Wildman–Crippen MR) is 201 cm³/mol. The zero-order valence-corrected chi connectivity index (χ0v) is 34.2. The number of aromatic amines is 3. The second kappa shape index (κ2) is 24.0. The van der Waals surface area contributed by atoms with E-state index in [2.05, 4.69) is 150 Å². The average Bonchev–Trinajstić information content (AvgIpc) is 3.91. The van der Waals surface area contributed by atoms with Crippen LogP contribution in [0.3, 0.4) is 0 Å². The van der Waals surface area contributed by atoms with E-state index >= 15 is 0 Å². The molecule has 0 spiro atoms. The molecular weight excluding hydrogens is 630 g/mol. The van der Waals surface area contributed by atoms with Crippen LogP contribution in [-0.2, 0) is 26.9 Å². The van der Waals surface area contributed by atoms with Crippen LogP contribution in [0.5, 0.6) is 0 Å². The van der Waals surface area contributed by atoms with Crippen molar-refractivity contribution >= 4 is 0 Å². The number of aromatic nitrogens is 15. The molecule has 0 aliphatic heterocycles. The molecule has 0 aliphatic carbocycles. The van der Waals surface area contributed by atoms with Gasteiger partial charge in [-0.3, -0.25) is 9.36 Å². The summed E-state index contributed by atoms with van der Waals surface area (Å²) in [6.45, 7) is 33.4. The van der Waals surface area contributed by atoms with E-state index in [1.165, 1.54) is 11.4 Å². The maximum absolute atomic E-state index is 4.07. The minimum atomic E-state index is 0.476. The fraction of sp³-hybridized carbons (Fsp3) is 0.714. The molecule has 5 heterocycles. The maximum atomic E-state index is 4.07. The van der Waals surface area contributed by atoms with Crippen LogP contribution < -0.4 is 0 Å². The first-order chi connectivity index (χ1) is 23.6. The van der Waals surface area contributed by atoms with E-state index in [-0.39, 0.29) is 0 Å². The van der Waals surface area contributed by atoms with E-state index in [1.54, 1.807) is 6.20 Å². The van der Waals surface area contributed by atoms with Crippen molar-refractivity contribution < 1.29 is 0 Å². The lowest BCUT2D eigenvalue weighted by Crippen LogP contribution is -2.01. The molecule has 5 aromatic heterocycles. The highest BCUT2D eigenvalue weighted by atomic mass is 15.4. The van der Waals surface area contributed by atoms with Gasteiger partial charge < -0.3 is 0 Å². The van der Waals surface area contributed by atoms with Crippen LogP contribution in [0.2, 0.25) is 0 Å². The molecule has 0 bridgehead atoms. The van der Waals surface area contributed by atoms with Gasteiger partial charge in [-0.15, -0.1) is 10.2 Å². The Kier molecular flexibility index (Phi) is 21.9. The highest BCUT2D eigenvalue weighted by molar-refractivity contribution is 5.14. The molecule has 50 heavy (non-hydrogen) atoms. The largest absolute Gasteiger partial charge is 0.252 e. The summed E-state index contributed by atoms with van der Waals surface area (Å²) in [6.07, 6.45) is 3.68. The Bertz CT molecular complexity index is 1510. The number of rotatable bonds is 7. The SMILES string of the molecule is CC.CC(C)c1cn[nH]n1.CCc1n[nH]nc1C(C)C.CCc1nnn(C)c1C(C)C.Cc1n[nH]nc1C(C)C.Cc1nnn(C)c1C(C)C. The molecular formula is C35H67N15. The number of nitrogens with one attached hydrogen (secondary N) is 3. The van der Waals surface area contributed by atoms with Gasteiger partial charge in [0.2, 0.25) is 0 Å². The van der Waals surface area contributed by atoms with Crippen LogP contribution in [0, 0.1) is 13.8 Å². The molecule has 0 saturated carbocycles. The lowest BCUT2D eigenvalue weighted by atomic mass is 10.1. The van der Waals surface area contributed by atoms with Gasteiger partial charge in [0.1, 0.15) is 0 Å². The number of hydrogen-bond donors (Lipinski definition) is 3. The first-order valence-corrected chi connectivity index (χ1v) is 17.9. The monoisotopic (exact) mass is 698 g/mol. The Balaban J connectivity index is 0.000000594. The fourth-order valence-electron chi connectivity index (χ4n) is 4.94. The predicted octanol–water partition coefficient (Wildman–Crippen LogP) is 7.43. The van der Waals surface area contributed by atoms with Crippen molar-refractivity contribution in [1.29, 1.82) is 0 Å². The first-order valence-electron chi connectivity index (χ1n) is 17.9. The van der Waals surface area contributed by atoms with Crippen molar-refractivity contribution in [3.05, 3.63) is 57.4 Å². The van der Waals surface area contributed by atoms with Crippen LogP contribution in [0.4, 0.5) is 0 Å². The van der Waals surface area contributed by atoms with Crippen molar-refractivity contribution in [3.63, 3.8) is 0 Å². The van der Waals surface area contributed by atoms with Gasteiger partial charge in [-0.2, -0.15) is 46.2 Å². The van der Waals surface area contributed by atoms with Crippen LogP contribution in [0.25, 0.3) is 0 Å². The minimum absolute atomic E-state index is 0.476. The molecule has 5 aromatic rings. The molecule has 0 atom stereocenters. The zero-order valence-electron chi connectivity index (χ0n) is 34.2. The van der Waals surface area contributed by atoms with Crippen LogP contribution >= 0.6 is 0 Å². The van der Waals surface area contributed by atoms with Gasteiger partial charge in [0.05, 0.1) is 57.4 Å². The van der Waals surface area contributed by atoms with Crippen LogP contribution in [0.1, 0.15) is 178 Å². The second-order valence-electron chi connectivity index (χ2n) is 13.1. The molecule has 0 fully saturated rings. The standard InChI is InChI=1S/C8H15N3.2C7H13N3.C6H11N3.C5H9N3.C2H6/c1-5-7-8(6(2)3)11(4)10-9-7;1-5(2)7-6(3)8-9-10(7)4;1-4-6-7(5(2)3)9-10-8-6;1-4(2)6-5(3)7-9-8-6;1-4(2)5-3-6-8-7-5;1-2/h6H,5H2,1-4H3;5H,1-4H3;5H,4H2,1-3H3,(H,8,9,10);4H,1-3H3,(H,7,8,9);3-4H,1-2H3,(H,6,7,8);1-2H3. The summed E-state index contributed by atoms with van der Waals surface area (Å²) >= 11 is 0. The topological polar surface area (TPSA) is 186 Å². The molecule has 3 N–H and O–H groups in total. The number of hydrogen-bond acceptors (Lipinski definition) is 10. The van der Waals surface area contributed by atoms with Gasteiger partial charge in [0, 0.05) is 14.1 Å². The Hall–Kier alpha value is -4.30. The fourth-order valence-corrected chi connectivity index (χ4v) is 4.94. The minimum Gasteiger partial charge on any atom is -0.252 e. The summed E-state index contributed by atoms with van der Waals surface area (Å²) in [5.41, 5.74) is 9.93. The van der Waals surface area contributed by atoms with Crippen molar-refractivity contribution in [3.8, 4) is 0 Å². The van der Waals surface area contributed by atoms with E-state index in [1.807, 2.05) is 51.2 Å². The van der Waals surface area contributed by atoms with Crippen LogP contribution in [0.15, 0.2) is 6.20 Å². The number of nitrogens with zero attached hydrogens (tertiary/aromatic N) is 12. The van der Waals surface area contributed by atoms with E-state index in [0.717, 1.165) is 52.7 Å². The first kappa shape index (κ1) is 45.7. The third-order valence-electron chi connectivity index (χ3n) is 7.28. The average molecular weight is 698 g/mol. The van der Waals surface area contributed by atoms with Gasteiger partial charge in [0.25, 0.3) is 0 Å². The van der Waals surface area contributed by atoms with E-state index in [4.69, 9.17) is 0 Å². The Labute approximate surface area is 300 Å². The summed E-state index contributed by atoms with van der Waals surface area (Å²) in [5, 5.41) is 47.2. The smallest absolute Gasteiger partial charge is 0.0881 e. The Morgan fingerprint density at radius 3 is 1.32 bits per heavy atom. The van der Waals surface area contributed by atoms with Gasteiger partial charge in [0.15, 0.2) is 0 Å². The third-order valence-corrected chi connectivity index (χ3v) is 7.28. The van der Waals surface area contributed by atoms with Gasteiger partial charge in [-0.1, -0.05) is 107 Å². The lowest BCUT2D eigenvalue weighted by molar-refractivity contribution is 0.647. The highest BCUT2D eigenvalue weighted by Gasteiger charge is 2.12. The number of H-pyrrole nitrogens is 3. The Morgan fingerprint density at radius 1 is 0.540 bits per heavy atom. The van der Waals surface area contributed by atoms with Crippen LogP contribution in [-0.4, -0.2) is 76.2 Å². The van der Waals surface area contributed by atoms with Gasteiger partial charge in [-0.25, -0.2) is 0 Å². The molecule has 0 aromatic carbocycles. The summed E-state index contributed by atoms with van der Waals surface area (Å²) in [6, 6.07) is 0.